The van der Waals surface area contributed by atoms with E-state index in [9.17, 15) is 4.79 Å². The van der Waals surface area contributed by atoms with Gasteiger partial charge in [0.25, 0.3) is 0 Å². The van der Waals surface area contributed by atoms with Crippen LogP contribution in [0.3, 0.4) is 0 Å². The van der Waals surface area contributed by atoms with Gasteiger partial charge in [-0.2, -0.15) is 0 Å². The molecule has 0 aromatic heterocycles. The van der Waals surface area contributed by atoms with Gasteiger partial charge in [0, 0.05) is 12.5 Å². The van der Waals surface area contributed by atoms with Gasteiger partial charge in [-0.05, 0) is 51.3 Å². The smallest absolute Gasteiger partial charge is 0.326 e. The van der Waals surface area contributed by atoms with Gasteiger partial charge >= 0.3 is 5.97 Å². The summed E-state index contributed by atoms with van der Waals surface area (Å²) in [5, 5.41) is 3.40. The normalized spacial score (nSPS) is 17.1. The summed E-state index contributed by atoms with van der Waals surface area (Å²) in [6.07, 6.45) is 2.86. The quantitative estimate of drug-likeness (QED) is 0.748. The van der Waals surface area contributed by atoms with E-state index in [-0.39, 0.29) is 5.97 Å². The molecule has 0 heterocycles. The van der Waals surface area contributed by atoms with Crippen LogP contribution in [0.15, 0.2) is 24.3 Å². The molecule has 1 aliphatic carbocycles. The Bertz CT molecular complexity index is 485. The van der Waals surface area contributed by atoms with E-state index in [1.807, 2.05) is 45.0 Å². The molecule has 4 nitrogen and oxygen atoms in total. The number of esters is 1. The second-order valence-electron chi connectivity index (χ2n) is 5.89. The number of aryl methyl sites for hydroxylation is 1. The molecule has 0 amide bonds. The summed E-state index contributed by atoms with van der Waals surface area (Å²) in [4.78, 5) is 12.2. The Kier molecular flexibility index (Phi) is 5.23. The van der Waals surface area contributed by atoms with Gasteiger partial charge in [-0.1, -0.05) is 12.1 Å². The van der Waals surface area contributed by atoms with Gasteiger partial charge in [0.15, 0.2) is 0 Å². The average Bonchev–Trinajstić information content (AvgIpc) is 3.23. The molecule has 1 unspecified atom stereocenters. The Hall–Kier alpha value is -1.55. The summed E-state index contributed by atoms with van der Waals surface area (Å²) in [6, 6.07) is 8.37. The predicted molar refractivity (Wildman–Crippen MR) is 82.5 cm³/mol. The SMILES string of the molecule is CCOC(=O)C(C)(CCOc1cccc(C)c1)NC1CC1. The second kappa shape index (κ2) is 6.94. The molecule has 1 saturated carbocycles. The third-order valence-electron chi connectivity index (χ3n) is 3.69. The van der Waals surface area contributed by atoms with E-state index >= 15 is 0 Å². The Morgan fingerprint density at radius 1 is 1.43 bits per heavy atom. The van der Waals surface area contributed by atoms with Crippen LogP contribution in [0.25, 0.3) is 0 Å². The fourth-order valence-corrected chi connectivity index (χ4v) is 2.28. The minimum Gasteiger partial charge on any atom is -0.493 e. The van der Waals surface area contributed by atoms with Crippen LogP contribution < -0.4 is 10.1 Å². The standard InChI is InChI=1S/C17H25NO3/c1-4-20-16(19)17(3,18-14-8-9-14)10-11-21-15-7-5-6-13(2)12-15/h5-7,12,14,18H,4,8-11H2,1-3H3. The lowest BCUT2D eigenvalue weighted by Crippen LogP contribution is -2.52. The Morgan fingerprint density at radius 2 is 2.19 bits per heavy atom. The first-order valence-corrected chi connectivity index (χ1v) is 7.68. The number of hydrogen-bond acceptors (Lipinski definition) is 4. The van der Waals surface area contributed by atoms with Crippen LogP contribution >= 0.6 is 0 Å². The largest absolute Gasteiger partial charge is 0.493 e. The molecule has 2 rings (SSSR count). The zero-order chi connectivity index (χ0) is 15.3. The van der Waals surface area contributed by atoms with Crippen LogP contribution in [0.1, 0.15) is 38.7 Å². The summed E-state index contributed by atoms with van der Waals surface area (Å²) in [6.45, 7) is 6.66. The highest BCUT2D eigenvalue weighted by molar-refractivity contribution is 5.80. The highest BCUT2D eigenvalue weighted by Crippen LogP contribution is 2.25. The van der Waals surface area contributed by atoms with Gasteiger partial charge < -0.3 is 9.47 Å². The summed E-state index contributed by atoms with van der Waals surface area (Å²) < 4.78 is 11.0. The third kappa shape index (κ3) is 4.74. The van der Waals surface area contributed by atoms with Crippen LogP contribution in [0, 0.1) is 6.92 Å². The maximum Gasteiger partial charge on any atom is 0.326 e. The lowest BCUT2D eigenvalue weighted by atomic mass is 9.98. The molecular formula is C17H25NO3. The molecule has 1 aromatic rings. The Morgan fingerprint density at radius 3 is 2.81 bits per heavy atom. The zero-order valence-corrected chi connectivity index (χ0v) is 13.1. The van der Waals surface area contributed by atoms with Crippen molar-refractivity contribution in [1.29, 1.82) is 0 Å². The van der Waals surface area contributed by atoms with Crippen LogP contribution in [-0.2, 0) is 9.53 Å². The van der Waals surface area contributed by atoms with Crippen molar-refractivity contribution >= 4 is 5.97 Å². The molecule has 1 aromatic carbocycles. The van der Waals surface area contributed by atoms with Crippen molar-refractivity contribution < 1.29 is 14.3 Å². The highest BCUT2D eigenvalue weighted by atomic mass is 16.5. The van der Waals surface area contributed by atoms with Crippen molar-refractivity contribution in [3.8, 4) is 5.75 Å². The lowest BCUT2D eigenvalue weighted by molar-refractivity contribution is -0.151. The summed E-state index contributed by atoms with van der Waals surface area (Å²) in [5.41, 5.74) is 0.498. The van der Waals surface area contributed by atoms with Crippen LogP contribution in [0.2, 0.25) is 0 Å². The molecule has 1 atom stereocenters. The first-order valence-electron chi connectivity index (χ1n) is 7.68. The predicted octanol–water partition coefficient (Wildman–Crippen LogP) is 2.84. The third-order valence-corrected chi connectivity index (χ3v) is 3.69. The Labute approximate surface area is 126 Å². The van der Waals surface area contributed by atoms with E-state index in [0.717, 1.165) is 24.2 Å². The van der Waals surface area contributed by atoms with E-state index in [2.05, 4.69) is 5.32 Å². The van der Waals surface area contributed by atoms with Crippen molar-refractivity contribution in [3.05, 3.63) is 29.8 Å². The van der Waals surface area contributed by atoms with Crippen molar-refractivity contribution in [2.75, 3.05) is 13.2 Å². The van der Waals surface area contributed by atoms with Crippen LogP contribution in [0.5, 0.6) is 5.75 Å². The van der Waals surface area contributed by atoms with E-state index < -0.39 is 5.54 Å². The van der Waals surface area contributed by atoms with Gasteiger partial charge in [-0.3, -0.25) is 10.1 Å². The fraction of sp³-hybridized carbons (Fsp3) is 0.588. The first-order chi connectivity index (χ1) is 10.0. The van der Waals surface area contributed by atoms with Gasteiger partial charge in [0.2, 0.25) is 0 Å². The highest BCUT2D eigenvalue weighted by Gasteiger charge is 2.39. The molecular weight excluding hydrogens is 266 g/mol. The Balaban J connectivity index is 1.90. The molecule has 0 aliphatic heterocycles. The van der Waals surface area contributed by atoms with Crippen LogP contribution in [0.4, 0.5) is 0 Å². The average molecular weight is 291 g/mol. The molecule has 0 saturated heterocycles. The second-order valence-corrected chi connectivity index (χ2v) is 5.89. The monoisotopic (exact) mass is 291 g/mol. The summed E-state index contributed by atoms with van der Waals surface area (Å²) in [5.74, 6) is 0.650. The molecule has 1 N–H and O–H groups in total. The fourth-order valence-electron chi connectivity index (χ4n) is 2.28. The van der Waals surface area contributed by atoms with Gasteiger partial charge in [0.05, 0.1) is 13.2 Å². The number of carbonyl (C=O) groups is 1. The molecule has 0 spiro atoms. The number of rotatable bonds is 8. The number of benzene rings is 1. The van der Waals surface area contributed by atoms with Gasteiger partial charge in [-0.25, -0.2) is 0 Å². The van der Waals surface area contributed by atoms with E-state index in [4.69, 9.17) is 9.47 Å². The molecule has 116 valence electrons. The topological polar surface area (TPSA) is 47.6 Å². The van der Waals surface area contributed by atoms with Crippen molar-refractivity contribution in [2.24, 2.45) is 0 Å². The van der Waals surface area contributed by atoms with Crippen molar-refractivity contribution in [3.63, 3.8) is 0 Å². The lowest BCUT2D eigenvalue weighted by Gasteiger charge is -2.28. The number of ether oxygens (including phenoxy) is 2. The number of nitrogens with one attached hydrogen (secondary N) is 1. The van der Waals surface area contributed by atoms with E-state index in [1.54, 1.807) is 0 Å². The van der Waals surface area contributed by atoms with Crippen molar-refractivity contribution in [2.45, 2.75) is 51.6 Å². The molecule has 4 heteroatoms. The minimum atomic E-state index is -0.666. The maximum absolute atomic E-state index is 12.2. The molecule has 0 bridgehead atoms. The summed E-state index contributed by atoms with van der Waals surface area (Å²) in [7, 11) is 0. The molecule has 1 fully saturated rings. The van der Waals surface area contributed by atoms with E-state index in [0.29, 0.717) is 25.7 Å². The number of hydrogen-bond donors (Lipinski definition) is 1. The molecule has 1 aliphatic rings. The number of carbonyl (C=O) groups excluding carboxylic acids is 1. The van der Waals surface area contributed by atoms with Gasteiger partial charge in [0.1, 0.15) is 11.3 Å². The van der Waals surface area contributed by atoms with Gasteiger partial charge in [-0.15, -0.1) is 0 Å². The van der Waals surface area contributed by atoms with Crippen molar-refractivity contribution in [1.82, 2.24) is 5.32 Å². The first kappa shape index (κ1) is 15.8. The maximum atomic E-state index is 12.2. The molecule has 21 heavy (non-hydrogen) atoms. The molecule has 0 radical (unpaired) electrons. The zero-order valence-electron chi connectivity index (χ0n) is 13.1. The van der Waals surface area contributed by atoms with E-state index in [1.165, 1.54) is 0 Å². The van der Waals surface area contributed by atoms with Crippen LogP contribution in [-0.4, -0.2) is 30.8 Å². The minimum absolute atomic E-state index is 0.190. The summed E-state index contributed by atoms with van der Waals surface area (Å²) >= 11 is 0.